The van der Waals surface area contributed by atoms with Crippen LogP contribution in [0.3, 0.4) is 0 Å². The van der Waals surface area contributed by atoms with Crippen LogP contribution in [0.25, 0.3) is 11.1 Å². The van der Waals surface area contributed by atoms with E-state index >= 15 is 0 Å². The molecule has 0 saturated heterocycles. The second kappa shape index (κ2) is 8.59. The summed E-state index contributed by atoms with van der Waals surface area (Å²) in [5.74, 6) is -1.69. The summed E-state index contributed by atoms with van der Waals surface area (Å²) in [7, 11) is 0. The van der Waals surface area contributed by atoms with Gasteiger partial charge in [0, 0.05) is 5.56 Å². The first kappa shape index (κ1) is 20.6. The van der Waals surface area contributed by atoms with Gasteiger partial charge in [0.15, 0.2) is 5.71 Å². The molecule has 160 valence electrons. The molecule has 8 heteroatoms. The van der Waals surface area contributed by atoms with Gasteiger partial charge >= 0.3 is 5.97 Å². The topological polar surface area (TPSA) is 115 Å². The number of amides is 1. The number of nitrogens with one attached hydrogen (secondary N) is 1. The second-order valence-electron chi connectivity index (χ2n) is 7.79. The number of benzene rings is 2. The lowest BCUT2D eigenvalue weighted by Gasteiger charge is -2.27. The van der Waals surface area contributed by atoms with Crippen molar-refractivity contribution in [3.63, 3.8) is 0 Å². The van der Waals surface area contributed by atoms with Crippen molar-refractivity contribution in [2.24, 2.45) is 10.2 Å². The van der Waals surface area contributed by atoms with Crippen LogP contribution in [-0.4, -0.2) is 44.6 Å². The van der Waals surface area contributed by atoms with E-state index in [4.69, 9.17) is 0 Å². The number of rotatable bonds is 5. The van der Waals surface area contributed by atoms with Crippen molar-refractivity contribution in [2.75, 3.05) is 5.43 Å². The number of aromatic carboxylic acids is 1. The highest BCUT2D eigenvalue weighted by atomic mass is 16.4. The number of anilines is 1. The Morgan fingerprint density at radius 1 is 1.16 bits per heavy atom. The molecule has 2 aromatic rings. The van der Waals surface area contributed by atoms with E-state index in [1.54, 1.807) is 48.3 Å². The highest BCUT2D eigenvalue weighted by molar-refractivity contribution is 6.68. The number of carboxylic acids is 1. The van der Waals surface area contributed by atoms with Crippen LogP contribution in [0.2, 0.25) is 0 Å². The first-order chi connectivity index (χ1) is 15.0. The molecular formula is C23H24N4O4. The van der Waals surface area contributed by atoms with Crippen LogP contribution < -0.4 is 5.43 Å². The molecule has 3 N–H and O–H groups in total. The van der Waals surface area contributed by atoms with E-state index in [1.807, 2.05) is 0 Å². The van der Waals surface area contributed by atoms with Gasteiger partial charge in [-0.3, -0.25) is 10.2 Å². The molecule has 0 unspecified atom stereocenters. The molecule has 0 radical (unpaired) electrons. The van der Waals surface area contributed by atoms with Gasteiger partial charge in [-0.25, -0.2) is 9.80 Å². The lowest BCUT2D eigenvalue weighted by Crippen LogP contribution is -2.37. The largest absolute Gasteiger partial charge is 0.506 e. The Morgan fingerprint density at radius 2 is 1.90 bits per heavy atom. The van der Waals surface area contributed by atoms with Gasteiger partial charge in [-0.2, -0.15) is 10.2 Å². The fourth-order valence-electron chi connectivity index (χ4n) is 4.05. The average Bonchev–Trinajstić information content (AvgIpc) is 3.06. The predicted octanol–water partition coefficient (Wildman–Crippen LogP) is 4.08. The number of hydrogen-bond acceptors (Lipinski definition) is 6. The van der Waals surface area contributed by atoms with Crippen molar-refractivity contribution < 1.29 is 19.8 Å². The smallest absolute Gasteiger partial charge is 0.339 e. The molecule has 0 bridgehead atoms. The van der Waals surface area contributed by atoms with Crippen LogP contribution in [0.4, 0.5) is 5.69 Å². The molecule has 1 aliphatic carbocycles. The highest BCUT2D eigenvalue weighted by Gasteiger charge is 2.35. The van der Waals surface area contributed by atoms with E-state index < -0.39 is 5.97 Å². The summed E-state index contributed by atoms with van der Waals surface area (Å²) < 4.78 is 0. The summed E-state index contributed by atoms with van der Waals surface area (Å²) in [6.07, 6.45) is 5.34. The van der Waals surface area contributed by atoms with Gasteiger partial charge in [0.25, 0.3) is 5.91 Å². The fourth-order valence-corrected chi connectivity index (χ4v) is 4.05. The summed E-state index contributed by atoms with van der Waals surface area (Å²) in [5.41, 5.74) is 5.21. The fraction of sp³-hybridized carbons (Fsp3) is 0.304. The van der Waals surface area contributed by atoms with Crippen molar-refractivity contribution in [1.29, 1.82) is 0 Å². The van der Waals surface area contributed by atoms with Gasteiger partial charge in [0.1, 0.15) is 11.3 Å². The van der Waals surface area contributed by atoms with E-state index in [0.717, 1.165) is 25.7 Å². The van der Waals surface area contributed by atoms with Crippen LogP contribution >= 0.6 is 0 Å². The number of nitrogens with zero attached hydrogens (tertiary/aromatic N) is 3. The quantitative estimate of drug-likeness (QED) is 0.631. The number of aromatic hydroxyl groups is 1. The van der Waals surface area contributed by atoms with Crippen molar-refractivity contribution in [2.45, 2.75) is 45.1 Å². The molecular weight excluding hydrogens is 396 g/mol. The van der Waals surface area contributed by atoms with Crippen LogP contribution in [0, 0.1) is 0 Å². The monoisotopic (exact) mass is 420 g/mol. The SMILES string of the molecule is CC1=NN(C2CCCCC2)C(=O)C1=NNc1cccc(-c2cccc(C(=O)O)c2O)c1. The Morgan fingerprint density at radius 3 is 2.65 bits per heavy atom. The van der Waals surface area contributed by atoms with Crippen LogP contribution in [0.1, 0.15) is 49.4 Å². The Balaban J connectivity index is 1.54. The third kappa shape index (κ3) is 4.14. The Hall–Kier alpha value is -3.68. The summed E-state index contributed by atoms with van der Waals surface area (Å²) >= 11 is 0. The minimum atomic E-state index is -1.20. The maximum atomic E-state index is 12.8. The first-order valence-corrected chi connectivity index (χ1v) is 10.3. The third-order valence-corrected chi connectivity index (χ3v) is 5.67. The Labute approximate surface area is 179 Å². The number of hydrogen-bond donors (Lipinski definition) is 3. The molecule has 2 aliphatic rings. The van der Waals surface area contributed by atoms with Crippen molar-refractivity contribution in [3.8, 4) is 16.9 Å². The van der Waals surface area contributed by atoms with E-state index in [1.165, 1.54) is 12.5 Å². The summed E-state index contributed by atoms with van der Waals surface area (Å²) in [4.78, 5) is 24.1. The van der Waals surface area contributed by atoms with Crippen molar-refractivity contribution >= 4 is 29.0 Å². The zero-order chi connectivity index (χ0) is 22.0. The zero-order valence-electron chi connectivity index (χ0n) is 17.2. The van der Waals surface area contributed by atoms with Crippen molar-refractivity contribution in [3.05, 3.63) is 48.0 Å². The summed E-state index contributed by atoms with van der Waals surface area (Å²) in [5, 5.41) is 29.9. The molecule has 0 aromatic heterocycles. The van der Waals surface area contributed by atoms with Crippen LogP contribution in [0.15, 0.2) is 52.7 Å². The first-order valence-electron chi connectivity index (χ1n) is 10.3. The molecule has 2 aromatic carbocycles. The van der Waals surface area contributed by atoms with Gasteiger partial charge in [0.2, 0.25) is 0 Å². The number of para-hydroxylation sites is 1. The van der Waals surface area contributed by atoms with Gasteiger partial charge in [-0.05, 0) is 43.5 Å². The third-order valence-electron chi connectivity index (χ3n) is 5.67. The van der Waals surface area contributed by atoms with E-state index in [-0.39, 0.29) is 29.0 Å². The predicted molar refractivity (Wildman–Crippen MR) is 118 cm³/mol. The molecule has 4 rings (SSSR count). The molecule has 1 fully saturated rings. The number of phenols is 1. The van der Waals surface area contributed by atoms with Crippen molar-refractivity contribution in [1.82, 2.24) is 5.01 Å². The van der Waals surface area contributed by atoms with Crippen LogP contribution in [0.5, 0.6) is 5.75 Å². The molecule has 0 atom stereocenters. The standard InChI is InChI=1S/C23H24N4O4/c1-14-20(22(29)27(26-14)17-9-3-2-4-10-17)25-24-16-8-5-7-15(13-16)18-11-6-12-19(21(18)28)23(30)31/h5-8,11-13,17,24,28H,2-4,9-10H2,1H3,(H,30,31). The van der Waals surface area contributed by atoms with Crippen LogP contribution in [-0.2, 0) is 4.79 Å². The molecule has 8 nitrogen and oxygen atoms in total. The normalized spacial score (nSPS) is 18.4. The Kier molecular flexibility index (Phi) is 5.70. The molecule has 31 heavy (non-hydrogen) atoms. The second-order valence-corrected chi connectivity index (χ2v) is 7.79. The lowest BCUT2D eigenvalue weighted by atomic mass is 9.95. The zero-order valence-corrected chi connectivity index (χ0v) is 17.2. The van der Waals surface area contributed by atoms with Gasteiger partial charge in [0.05, 0.1) is 17.4 Å². The minimum absolute atomic E-state index is 0.136. The van der Waals surface area contributed by atoms with Gasteiger partial charge < -0.3 is 10.2 Å². The molecule has 1 saturated carbocycles. The summed E-state index contributed by atoms with van der Waals surface area (Å²) in [6, 6.07) is 11.7. The number of carboxylic acid groups (broad SMARTS) is 1. The molecule has 1 amide bonds. The molecule has 0 spiro atoms. The molecule has 1 aliphatic heterocycles. The lowest BCUT2D eigenvalue weighted by molar-refractivity contribution is -0.126. The number of carbonyl (C=O) groups excluding carboxylic acids is 1. The minimum Gasteiger partial charge on any atom is -0.506 e. The average molecular weight is 420 g/mol. The maximum absolute atomic E-state index is 12.8. The van der Waals surface area contributed by atoms with E-state index in [2.05, 4.69) is 15.6 Å². The highest BCUT2D eigenvalue weighted by Crippen LogP contribution is 2.33. The Bertz CT molecular complexity index is 1090. The van der Waals surface area contributed by atoms with E-state index in [0.29, 0.717) is 22.5 Å². The van der Waals surface area contributed by atoms with Gasteiger partial charge in [-0.1, -0.05) is 43.5 Å². The van der Waals surface area contributed by atoms with E-state index in [9.17, 15) is 19.8 Å². The number of carbonyl (C=O) groups is 2. The number of hydrazone groups is 2. The maximum Gasteiger partial charge on any atom is 0.339 e. The molecule has 1 heterocycles. The van der Waals surface area contributed by atoms with Gasteiger partial charge in [-0.15, -0.1) is 0 Å². The summed E-state index contributed by atoms with van der Waals surface area (Å²) in [6.45, 7) is 1.77.